The maximum Gasteiger partial charge on any atom is 0.274 e. The Bertz CT molecular complexity index is 506. The minimum Gasteiger partial charge on any atom is -0.318 e. The fraction of sp³-hybridized carbons (Fsp3) is 0.100. The van der Waals surface area contributed by atoms with E-state index < -0.39 is 0 Å². The minimum atomic E-state index is -0.250. The Labute approximate surface area is 101 Å². The number of carbonyl (C=O) groups is 1. The van der Waals surface area contributed by atoms with Gasteiger partial charge in [0.25, 0.3) is 5.91 Å². The van der Waals surface area contributed by atoms with Gasteiger partial charge in [-0.05, 0) is 28.1 Å². The number of aromatic nitrogens is 3. The Morgan fingerprint density at radius 2 is 2.25 bits per heavy atom. The van der Waals surface area contributed by atoms with E-state index in [9.17, 15) is 4.79 Å². The number of amides is 1. The lowest BCUT2D eigenvalue weighted by Gasteiger charge is -2.00. The van der Waals surface area contributed by atoms with E-state index >= 15 is 0 Å². The number of nitrogens with zero attached hydrogens (tertiary/aromatic N) is 3. The van der Waals surface area contributed by atoms with E-state index in [4.69, 9.17) is 0 Å². The molecule has 0 saturated heterocycles. The van der Waals surface area contributed by atoms with Gasteiger partial charge in [0.15, 0.2) is 0 Å². The fourth-order valence-corrected chi connectivity index (χ4v) is 1.43. The number of anilines is 1. The molecule has 2 rings (SSSR count). The molecular weight excluding hydrogens is 272 g/mol. The molecule has 6 heteroatoms. The number of carbonyl (C=O) groups excluding carboxylic acids is 1. The molecule has 2 aromatic heterocycles. The number of hydrogen-bond donors (Lipinski definition) is 1. The van der Waals surface area contributed by atoms with Crippen molar-refractivity contribution >= 4 is 27.5 Å². The van der Waals surface area contributed by atoms with Crippen molar-refractivity contribution in [3.63, 3.8) is 0 Å². The first kappa shape index (κ1) is 10.8. The summed E-state index contributed by atoms with van der Waals surface area (Å²) in [5, 5.41) is 6.65. The molecule has 82 valence electrons. The molecule has 1 amide bonds. The van der Waals surface area contributed by atoms with Gasteiger partial charge in [0.05, 0.1) is 11.9 Å². The lowest BCUT2D eigenvalue weighted by atomic mass is 10.3. The second-order valence-corrected chi connectivity index (χ2v) is 4.13. The average Bonchev–Trinajstić information content (AvgIpc) is 2.65. The first-order valence-electron chi connectivity index (χ1n) is 4.57. The highest BCUT2D eigenvalue weighted by Gasteiger charge is 2.07. The summed E-state index contributed by atoms with van der Waals surface area (Å²) < 4.78 is 2.45. The first-order valence-corrected chi connectivity index (χ1v) is 5.36. The van der Waals surface area contributed by atoms with E-state index in [2.05, 4.69) is 31.3 Å². The van der Waals surface area contributed by atoms with Gasteiger partial charge in [0.2, 0.25) is 0 Å². The maximum absolute atomic E-state index is 11.7. The summed E-state index contributed by atoms with van der Waals surface area (Å²) in [6.07, 6.45) is 4.88. The van der Waals surface area contributed by atoms with Crippen molar-refractivity contribution in [1.29, 1.82) is 0 Å². The highest BCUT2D eigenvalue weighted by atomic mass is 79.9. The molecular formula is C10H9BrN4O. The van der Waals surface area contributed by atoms with Gasteiger partial charge in [-0.15, -0.1) is 0 Å². The van der Waals surface area contributed by atoms with Gasteiger partial charge in [0.1, 0.15) is 5.69 Å². The van der Waals surface area contributed by atoms with Crippen molar-refractivity contribution < 1.29 is 4.79 Å². The summed E-state index contributed by atoms with van der Waals surface area (Å²) in [5.41, 5.74) is 1.02. The number of halogens is 1. The summed E-state index contributed by atoms with van der Waals surface area (Å²) in [6, 6.07) is 3.42. The topological polar surface area (TPSA) is 59.8 Å². The average molecular weight is 281 g/mol. The SMILES string of the molecule is Cn1cc(NC(=O)c2ccc(Br)cn2)cn1. The fourth-order valence-electron chi connectivity index (χ4n) is 1.19. The maximum atomic E-state index is 11.7. The molecule has 0 aliphatic heterocycles. The Hall–Kier alpha value is -1.69. The van der Waals surface area contributed by atoms with Crippen LogP contribution in [0.5, 0.6) is 0 Å². The van der Waals surface area contributed by atoms with Crippen LogP contribution in [0, 0.1) is 0 Å². The van der Waals surface area contributed by atoms with Gasteiger partial charge in [-0.25, -0.2) is 4.98 Å². The van der Waals surface area contributed by atoms with Crippen LogP contribution in [0.3, 0.4) is 0 Å². The van der Waals surface area contributed by atoms with Crippen LogP contribution in [0.2, 0.25) is 0 Å². The van der Waals surface area contributed by atoms with Crippen LogP contribution in [-0.4, -0.2) is 20.7 Å². The molecule has 0 aliphatic rings. The third-order valence-electron chi connectivity index (χ3n) is 1.92. The number of hydrogen-bond acceptors (Lipinski definition) is 3. The van der Waals surface area contributed by atoms with Crippen LogP contribution < -0.4 is 5.32 Å². The standard InChI is InChI=1S/C10H9BrN4O/c1-15-6-8(5-13-15)14-10(16)9-3-2-7(11)4-12-9/h2-6H,1H3,(H,14,16). The van der Waals surface area contributed by atoms with E-state index in [0.717, 1.165) is 4.47 Å². The number of aryl methyl sites for hydroxylation is 1. The van der Waals surface area contributed by atoms with Crippen molar-refractivity contribution in [2.75, 3.05) is 5.32 Å². The van der Waals surface area contributed by atoms with Crippen LogP contribution in [0.15, 0.2) is 35.2 Å². The monoisotopic (exact) mass is 280 g/mol. The first-order chi connectivity index (χ1) is 7.65. The zero-order valence-corrected chi connectivity index (χ0v) is 10.1. The van der Waals surface area contributed by atoms with Gasteiger partial charge >= 0.3 is 0 Å². The second kappa shape index (κ2) is 4.44. The summed E-state index contributed by atoms with van der Waals surface area (Å²) in [7, 11) is 1.79. The molecule has 0 bridgehead atoms. The van der Waals surface area contributed by atoms with Gasteiger partial charge in [-0.3, -0.25) is 9.48 Å². The third kappa shape index (κ3) is 2.46. The molecule has 2 aromatic rings. The summed E-state index contributed by atoms with van der Waals surface area (Å²) in [6.45, 7) is 0. The van der Waals surface area contributed by atoms with Gasteiger partial charge in [-0.1, -0.05) is 0 Å². The van der Waals surface area contributed by atoms with Gasteiger partial charge in [0, 0.05) is 23.9 Å². The van der Waals surface area contributed by atoms with Crippen molar-refractivity contribution in [3.05, 3.63) is 40.9 Å². The third-order valence-corrected chi connectivity index (χ3v) is 2.39. The minimum absolute atomic E-state index is 0.250. The molecule has 0 radical (unpaired) electrons. The van der Waals surface area contributed by atoms with Crippen LogP contribution in [0.25, 0.3) is 0 Å². The Morgan fingerprint density at radius 3 is 2.81 bits per heavy atom. The molecule has 16 heavy (non-hydrogen) atoms. The summed E-state index contributed by atoms with van der Waals surface area (Å²) in [5.74, 6) is -0.250. The van der Waals surface area contributed by atoms with Crippen LogP contribution >= 0.6 is 15.9 Å². The molecule has 0 spiro atoms. The molecule has 5 nitrogen and oxygen atoms in total. The van der Waals surface area contributed by atoms with Gasteiger partial charge in [-0.2, -0.15) is 5.10 Å². The highest BCUT2D eigenvalue weighted by molar-refractivity contribution is 9.10. The largest absolute Gasteiger partial charge is 0.318 e. The molecule has 0 atom stereocenters. The zero-order chi connectivity index (χ0) is 11.5. The molecule has 0 aromatic carbocycles. The van der Waals surface area contributed by atoms with Crippen LogP contribution in [-0.2, 0) is 7.05 Å². The zero-order valence-electron chi connectivity index (χ0n) is 8.51. The Morgan fingerprint density at radius 1 is 1.44 bits per heavy atom. The van der Waals surface area contributed by atoms with Crippen molar-refractivity contribution in [2.45, 2.75) is 0 Å². The normalized spacial score (nSPS) is 10.1. The predicted molar refractivity (Wildman–Crippen MR) is 63.1 cm³/mol. The van der Waals surface area contributed by atoms with Crippen molar-refractivity contribution in [3.8, 4) is 0 Å². The molecule has 0 saturated carbocycles. The van der Waals surface area contributed by atoms with Crippen LogP contribution in [0.1, 0.15) is 10.5 Å². The Balaban J connectivity index is 2.11. The lowest BCUT2D eigenvalue weighted by Crippen LogP contribution is -2.12. The van der Waals surface area contributed by atoms with Gasteiger partial charge < -0.3 is 5.32 Å². The molecule has 0 fully saturated rings. The predicted octanol–water partition coefficient (Wildman–Crippen LogP) is 1.83. The van der Waals surface area contributed by atoms with E-state index in [1.54, 1.807) is 42.5 Å². The summed E-state index contributed by atoms with van der Waals surface area (Å²) in [4.78, 5) is 15.7. The van der Waals surface area contributed by atoms with E-state index in [1.165, 1.54) is 0 Å². The molecule has 0 unspecified atom stereocenters. The summed E-state index contributed by atoms with van der Waals surface area (Å²) >= 11 is 3.26. The van der Waals surface area contributed by atoms with Crippen molar-refractivity contribution in [2.24, 2.45) is 7.05 Å². The number of rotatable bonds is 2. The number of nitrogens with one attached hydrogen (secondary N) is 1. The lowest BCUT2D eigenvalue weighted by molar-refractivity contribution is 0.102. The van der Waals surface area contributed by atoms with E-state index in [1.807, 2.05) is 0 Å². The Kier molecular flexibility index (Phi) is 3.00. The highest BCUT2D eigenvalue weighted by Crippen LogP contribution is 2.09. The number of pyridine rings is 1. The molecule has 0 aliphatic carbocycles. The molecule has 2 heterocycles. The quantitative estimate of drug-likeness (QED) is 0.913. The van der Waals surface area contributed by atoms with E-state index in [0.29, 0.717) is 11.4 Å². The second-order valence-electron chi connectivity index (χ2n) is 3.22. The van der Waals surface area contributed by atoms with Crippen LogP contribution in [0.4, 0.5) is 5.69 Å². The smallest absolute Gasteiger partial charge is 0.274 e. The van der Waals surface area contributed by atoms with E-state index in [-0.39, 0.29) is 5.91 Å². The van der Waals surface area contributed by atoms with Crippen molar-refractivity contribution in [1.82, 2.24) is 14.8 Å². The molecule has 1 N–H and O–H groups in total.